The summed E-state index contributed by atoms with van der Waals surface area (Å²) in [6, 6.07) is 26.2. The smallest absolute Gasteiger partial charge is 0.308 e. The summed E-state index contributed by atoms with van der Waals surface area (Å²) in [7, 11) is 1.65. The molecule has 0 atom stereocenters. The molecule has 0 amide bonds. The van der Waals surface area contributed by atoms with E-state index < -0.39 is 5.60 Å². The molecule has 40 heavy (non-hydrogen) atoms. The maximum Gasteiger partial charge on any atom is 0.308 e. The molecule has 1 heterocycles. The molecule has 6 nitrogen and oxygen atoms in total. The molecule has 6 heteroatoms. The summed E-state index contributed by atoms with van der Waals surface area (Å²) in [5.41, 5.74) is 2.82. The van der Waals surface area contributed by atoms with Crippen molar-refractivity contribution >= 4 is 27.9 Å². The van der Waals surface area contributed by atoms with Crippen molar-refractivity contribution in [2.45, 2.75) is 45.6 Å². The SMILES string of the molecule is COc1ccc(C(C)(C)c2ccc3oc4ccc(C(C)(C)Oc5ccc(OC(C)=O)cc5)cc4c(=O)c3c2)cc1. The molecule has 5 aromatic rings. The van der Waals surface area contributed by atoms with Gasteiger partial charge in [-0.15, -0.1) is 0 Å². The molecule has 5 rings (SSSR count). The van der Waals surface area contributed by atoms with Crippen molar-refractivity contribution in [2.75, 3.05) is 7.11 Å². The van der Waals surface area contributed by atoms with E-state index in [9.17, 15) is 9.59 Å². The second-order valence-corrected chi connectivity index (χ2v) is 10.9. The van der Waals surface area contributed by atoms with Crippen molar-refractivity contribution in [2.24, 2.45) is 0 Å². The lowest BCUT2D eigenvalue weighted by molar-refractivity contribution is -0.131. The van der Waals surface area contributed by atoms with Crippen LogP contribution in [-0.4, -0.2) is 13.1 Å². The van der Waals surface area contributed by atoms with Gasteiger partial charge < -0.3 is 18.6 Å². The molecule has 0 unspecified atom stereocenters. The van der Waals surface area contributed by atoms with E-state index in [1.165, 1.54) is 6.92 Å². The minimum atomic E-state index is -0.753. The van der Waals surface area contributed by atoms with Crippen molar-refractivity contribution < 1.29 is 23.4 Å². The Balaban J connectivity index is 1.51. The molecule has 0 N–H and O–H groups in total. The van der Waals surface area contributed by atoms with Gasteiger partial charge >= 0.3 is 5.97 Å². The number of carbonyl (C=O) groups excluding carboxylic acids is 1. The van der Waals surface area contributed by atoms with Gasteiger partial charge in [0.15, 0.2) is 0 Å². The van der Waals surface area contributed by atoms with Gasteiger partial charge in [-0.25, -0.2) is 0 Å². The highest BCUT2D eigenvalue weighted by Crippen LogP contribution is 2.35. The third kappa shape index (κ3) is 5.17. The summed E-state index contributed by atoms with van der Waals surface area (Å²) in [4.78, 5) is 25.0. The molecule has 0 fully saturated rings. The maximum atomic E-state index is 13.8. The molecule has 0 spiro atoms. The van der Waals surface area contributed by atoms with Gasteiger partial charge in [-0.3, -0.25) is 9.59 Å². The van der Waals surface area contributed by atoms with Crippen molar-refractivity contribution in [1.82, 2.24) is 0 Å². The minimum Gasteiger partial charge on any atom is -0.497 e. The summed E-state index contributed by atoms with van der Waals surface area (Å²) in [5.74, 6) is 1.47. The highest BCUT2D eigenvalue weighted by Gasteiger charge is 2.26. The Hall–Kier alpha value is -4.58. The van der Waals surface area contributed by atoms with Crippen LogP contribution < -0.4 is 19.6 Å². The molecule has 0 saturated heterocycles. The summed E-state index contributed by atoms with van der Waals surface area (Å²) in [6.07, 6.45) is 0. The quantitative estimate of drug-likeness (QED) is 0.122. The zero-order valence-electron chi connectivity index (χ0n) is 23.5. The molecule has 0 radical (unpaired) electrons. The Labute approximate surface area is 233 Å². The number of esters is 1. The van der Waals surface area contributed by atoms with Crippen molar-refractivity contribution in [3.05, 3.63) is 112 Å². The Kier molecular flexibility index (Phi) is 6.88. The summed E-state index contributed by atoms with van der Waals surface area (Å²) >= 11 is 0. The number of fused-ring (bicyclic) bond motifs is 2. The van der Waals surface area contributed by atoms with Crippen LogP contribution in [0.25, 0.3) is 21.9 Å². The van der Waals surface area contributed by atoms with Crippen LogP contribution in [0.3, 0.4) is 0 Å². The molecule has 204 valence electrons. The molecular weight excluding hydrogens is 504 g/mol. The van der Waals surface area contributed by atoms with E-state index in [4.69, 9.17) is 18.6 Å². The van der Waals surface area contributed by atoms with Gasteiger partial charge in [-0.05, 0) is 91.2 Å². The van der Waals surface area contributed by atoms with E-state index in [0.29, 0.717) is 33.4 Å². The maximum absolute atomic E-state index is 13.8. The third-order valence-corrected chi connectivity index (χ3v) is 7.36. The number of hydrogen-bond donors (Lipinski definition) is 0. The van der Waals surface area contributed by atoms with Crippen LogP contribution in [0.15, 0.2) is 94.1 Å². The van der Waals surface area contributed by atoms with E-state index in [1.807, 2.05) is 74.5 Å². The number of benzene rings is 4. The minimum absolute atomic E-state index is 0.0907. The average molecular weight is 537 g/mol. The molecule has 0 aliphatic heterocycles. The Morgan fingerprint density at radius 1 is 0.675 bits per heavy atom. The van der Waals surface area contributed by atoms with Gasteiger partial charge in [0, 0.05) is 12.3 Å². The lowest BCUT2D eigenvalue weighted by Crippen LogP contribution is -2.25. The summed E-state index contributed by atoms with van der Waals surface area (Å²) in [5, 5.41) is 1.02. The van der Waals surface area contributed by atoms with Gasteiger partial charge in [0.05, 0.1) is 17.9 Å². The number of hydrogen-bond acceptors (Lipinski definition) is 6. The van der Waals surface area contributed by atoms with E-state index in [0.717, 1.165) is 22.4 Å². The van der Waals surface area contributed by atoms with Gasteiger partial charge in [-0.2, -0.15) is 0 Å². The molecule has 0 bridgehead atoms. The number of rotatable bonds is 7. The van der Waals surface area contributed by atoms with Gasteiger partial charge in [0.2, 0.25) is 5.43 Å². The second kappa shape index (κ2) is 10.2. The normalized spacial score (nSPS) is 11.9. The zero-order valence-corrected chi connectivity index (χ0v) is 23.5. The number of carbonyl (C=O) groups is 1. The van der Waals surface area contributed by atoms with E-state index >= 15 is 0 Å². The first-order valence-corrected chi connectivity index (χ1v) is 13.1. The topological polar surface area (TPSA) is 75.0 Å². The molecule has 1 aromatic heterocycles. The van der Waals surface area contributed by atoms with Crippen molar-refractivity contribution in [3.63, 3.8) is 0 Å². The van der Waals surface area contributed by atoms with Crippen molar-refractivity contribution in [3.8, 4) is 17.2 Å². The largest absolute Gasteiger partial charge is 0.497 e. The zero-order chi connectivity index (χ0) is 28.7. The van der Waals surface area contributed by atoms with Gasteiger partial charge in [0.25, 0.3) is 0 Å². The van der Waals surface area contributed by atoms with Crippen LogP contribution in [0, 0.1) is 0 Å². The third-order valence-electron chi connectivity index (χ3n) is 7.36. The molecule has 0 aliphatic carbocycles. The first-order chi connectivity index (χ1) is 19.0. The van der Waals surface area contributed by atoms with Crippen LogP contribution in [0.2, 0.25) is 0 Å². The van der Waals surface area contributed by atoms with Crippen molar-refractivity contribution in [1.29, 1.82) is 0 Å². The van der Waals surface area contributed by atoms with E-state index in [-0.39, 0.29) is 16.8 Å². The standard InChI is InChI=1S/C34H32O6/c1-21(35)38-26-13-15-27(16-14-26)40-34(4,5)24-10-18-31-29(20-24)32(36)28-19-23(9-17-30(28)39-31)33(2,3)22-7-11-25(37-6)12-8-22/h7-20H,1-6H3. The fourth-order valence-corrected chi connectivity index (χ4v) is 4.89. The van der Waals surface area contributed by atoms with E-state index in [2.05, 4.69) is 13.8 Å². The highest BCUT2D eigenvalue weighted by atomic mass is 16.5. The highest BCUT2D eigenvalue weighted by molar-refractivity contribution is 5.90. The summed E-state index contributed by atoms with van der Waals surface area (Å²) in [6.45, 7) is 9.50. The van der Waals surface area contributed by atoms with Crippen LogP contribution in [0.5, 0.6) is 17.2 Å². The number of methoxy groups -OCH3 is 1. The molecule has 4 aromatic carbocycles. The van der Waals surface area contributed by atoms with Crippen LogP contribution in [0.4, 0.5) is 0 Å². The Morgan fingerprint density at radius 2 is 1.18 bits per heavy atom. The first kappa shape index (κ1) is 27.0. The molecule has 0 aliphatic rings. The Bertz CT molecular complexity index is 1760. The van der Waals surface area contributed by atoms with E-state index in [1.54, 1.807) is 31.4 Å². The predicted octanol–water partition coefficient (Wildman–Crippen LogP) is 7.52. The van der Waals surface area contributed by atoms with Crippen LogP contribution in [-0.2, 0) is 15.8 Å². The molecular formula is C34H32O6. The average Bonchev–Trinajstić information content (AvgIpc) is 2.93. The fraction of sp³-hybridized carbons (Fsp3) is 0.235. The van der Waals surface area contributed by atoms with Crippen LogP contribution >= 0.6 is 0 Å². The number of ether oxygens (including phenoxy) is 3. The first-order valence-electron chi connectivity index (χ1n) is 13.1. The monoisotopic (exact) mass is 536 g/mol. The molecule has 0 saturated carbocycles. The Morgan fingerprint density at radius 3 is 1.75 bits per heavy atom. The fourth-order valence-electron chi connectivity index (χ4n) is 4.89. The lowest BCUT2D eigenvalue weighted by atomic mass is 9.78. The lowest BCUT2D eigenvalue weighted by Gasteiger charge is -2.27. The second-order valence-electron chi connectivity index (χ2n) is 10.9. The predicted molar refractivity (Wildman–Crippen MR) is 157 cm³/mol. The van der Waals surface area contributed by atoms with Crippen LogP contribution in [0.1, 0.15) is 51.3 Å². The van der Waals surface area contributed by atoms with Gasteiger partial charge in [-0.1, -0.05) is 38.1 Å². The van der Waals surface area contributed by atoms with Gasteiger partial charge in [0.1, 0.15) is 34.0 Å². The summed E-state index contributed by atoms with van der Waals surface area (Å²) < 4.78 is 22.8.